The molecule has 0 atom stereocenters. The summed E-state index contributed by atoms with van der Waals surface area (Å²) in [6, 6.07) is 10.6. The molecule has 0 fully saturated rings. The maximum Gasteiger partial charge on any atom is 0.336 e. The van der Waals surface area contributed by atoms with Gasteiger partial charge in [0.1, 0.15) is 0 Å². The first-order valence-electron chi connectivity index (χ1n) is 5.43. The van der Waals surface area contributed by atoms with Gasteiger partial charge < -0.3 is 5.11 Å². The summed E-state index contributed by atoms with van der Waals surface area (Å²) in [6.07, 6.45) is 0.425. The van der Waals surface area contributed by atoms with Gasteiger partial charge in [0, 0.05) is 4.47 Å². The zero-order valence-corrected chi connectivity index (χ0v) is 12.8. The van der Waals surface area contributed by atoms with E-state index in [1.54, 1.807) is 0 Å². The van der Waals surface area contributed by atoms with E-state index in [0.717, 1.165) is 10.0 Å². The maximum atomic E-state index is 11.2. The van der Waals surface area contributed by atoms with Crippen molar-refractivity contribution >= 4 is 45.1 Å². The number of carboxylic acid groups (broad SMARTS) is 1. The number of benzene rings is 2. The lowest BCUT2D eigenvalue weighted by Crippen LogP contribution is -2.04. The minimum atomic E-state index is -1.01. The van der Waals surface area contributed by atoms with Crippen molar-refractivity contribution in [2.75, 3.05) is 0 Å². The Bertz CT molecular complexity index is 624. The number of hydrogen-bond acceptors (Lipinski definition) is 1. The predicted octanol–water partition coefficient (Wildman–Crippen LogP) is 5.04. The van der Waals surface area contributed by atoms with Crippen LogP contribution in [0.5, 0.6) is 0 Å². The van der Waals surface area contributed by atoms with E-state index < -0.39 is 5.97 Å². The maximum absolute atomic E-state index is 11.2. The lowest BCUT2D eigenvalue weighted by Gasteiger charge is -2.10. The second kappa shape index (κ2) is 5.95. The lowest BCUT2D eigenvalue weighted by molar-refractivity contribution is 0.0696. The molecule has 0 spiro atoms. The fourth-order valence-corrected chi connectivity index (χ4v) is 2.45. The third-order valence-corrected chi connectivity index (χ3v) is 4.09. The summed E-state index contributed by atoms with van der Waals surface area (Å²) in [5, 5.41) is 9.85. The van der Waals surface area contributed by atoms with E-state index in [1.165, 1.54) is 12.1 Å². The third kappa shape index (κ3) is 3.30. The van der Waals surface area contributed by atoms with Gasteiger partial charge in [0.25, 0.3) is 0 Å². The molecule has 0 radical (unpaired) electrons. The van der Waals surface area contributed by atoms with Gasteiger partial charge in [-0.1, -0.05) is 51.3 Å². The molecule has 0 saturated carbocycles. The number of hydrogen-bond donors (Lipinski definition) is 1. The minimum Gasteiger partial charge on any atom is -0.478 e. The zero-order chi connectivity index (χ0) is 14.0. The summed E-state index contributed by atoms with van der Waals surface area (Å²) in [6.45, 7) is 0. The van der Waals surface area contributed by atoms with Gasteiger partial charge in [0.05, 0.1) is 15.6 Å². The molecule has 2 rings (SSSR count). The smallest absolute Gasteiger partial charge is 0.336 e. The Morgan fingerprint density at radius 3 is 2.32 bits per heavy atom. The van der Waals surface area contributed by atoms with Crippen molar-refractivity contribution in [3.63, 3.8) is 0 Å². The fourth-order valence-electron chi connectivity index (χ4n) is 1.77. The standard InChI is InChI=1S/C14H9BrCl2O2/c15-9-3-1-8(2-4-9)7-11-10(14(18)19)5-6-12(16)13(11)17/h1-6H,7H2,(H,18,19). The van der Waals surface area contributed by atoms with Crippen LogP contribution < -0.4 is 0 Å². The van der Waals surface area contributed by atoms with Gasteiger partial charge in [-0.25, -0.2) is 4.79 Å². The molecular formula is C14H9BrCl2O2. The molecule has 0 unspecified atom stereocenters. The quantitative estimate of drug-likeness (QED) is 0.832. The van der Waals surface area contributed by atoms with E-state index in [2.05, 4.69) is 15.9 Å². The van der Waals surface area contributed by atoms with E-state index in [0.29, 0.717) is 22.0 Å². The summed E-state index contributed by atoms with van der Waals surface area (Å²) in [5.74, 6) is -1.01. The molecule has 0 saturated heterocycles. The molecule has 19 heavy (non-hydrogen) atoms. The SMILES string of the molecule is O=C(O)c1ccc(Cl)c(Cl)c1Cc1ccc(Br)cc1. The molecule has 98 valence electrons. The zero-order valence-electron chi connectivity index (χ0n) is 9.66. The Morgan fingerprint density at radius 2 is 1.74 bits per heavy atom. The first-order chi connectivity index (χ1) is 8.99. The molecule has 0 aliphatic heterocycles. The number of carbonyl (C=O) groups is 1. The highest BCUT2D eigenvalue weighted by atomic mass is 79.9. The molecular weight excluding hydrogens is 351 g/mol. The van der Waals surface area contributed by atoms with E-state index in [4.69, 9.17) is 23.2 Å². The Morgan fingerprint density at radius 1 is 1.11 bits per heavy atom. The number of aromatic carboxylic acids is 1. The molecule has 0 aliphatic carbocycles. The van der Waals surface area contributed by atoms with Gasteiger partial charge in [-0.2, -0.15) is 0 Å². The van der Waals surface area contributed by atoms with E-state index in [-0.39, 0.29) is 5.56 Å². The first kappa shape index (κ1) is 14.4. The Balaban J connectivity index is 2.46. The van der Waals surface area contributed by atoms with Gasteiger partial charge >= 0.3 is 5.97 Å². The summed E-state index contributed by atoms with van der Waals surface area (Å²) < 4.78 is 0.965. The van der Waals surface area contributed by atoms with Gasteiger partial charge in [0.2, 0.25) is 0 Å². The molecule has 0 heterocycles. The predicted molar refractivity (Wildman–Crippen MR) is 80.4 cm³/mol. The molecule has 0 aromatic heterocycles. The van der Waals surface area contributed by atoms with E-state index in [1.807, 2.05) is 24.3 Å². The normalized spacial score (nSPS) is 10.5. The Labute approximate surface area is 129 Å². The van der Waals surface area contributed by atoms with Crippen molar-refractivity contribution in [3.8, 4) is 0 Å². The lowest BCUT2D eigenvalue weighted by atomic mass is 9.99. The number of carboxylic acids is 1. The van der Waals surface area contributed by atoms with Crippen LogP contribution in [-0.4, -0.2) is 11.1 Å². The highest BCUT2D eigenvalue weighted by molar-refractivity contribution is 9.10. The molecule has 5 heteroatoms. The van der Waals surface area contributed by atoms with Crippen LogP contribution in [0.2, 0.25) is 10.0 Å². The Hall–Kier alpha value is -1.03. The highest BCUT2D eigenvalue weighted by Gasteiger charge is 2.16. The van der Waals surface area contributed by atoms with Crippen molar-refractivity contribution in [2.45, 2.75) is 6.42 Å². The van der Waals surface area contributed by atoms with Crippen molar-refractivity contribution in [3.05, 3.63) is 67.6 Å². The fraction of sp³-hybridized carbons (Fsp3) is 0.0714. The van der Waals surface area contributed by atoms with Crippen LogP contribution in [0, 0.1) is 0 Å². The summed E-state index contributed by atoms with van der Waals surface area (Å²) in [5.41, 5.74) is 1.68. The molecule has 2 aromatic rings. The van der Waals surface area contributed by atoms with Gasteiger partial charge in [-0.3, -0.25) is 0 Å². The van der Waals surface area contributed by atoms with Crippen LogP contribution in [0.1, 0.15) is 21.5 Å². The van der Waals surface area contributed by atoms with Gasteiger partial charge in [-0.15, -0.1) is 0 Å². The van der Waals surface area contributed by atoms with Crippen LogP contribution in [0.25, 0.3) is 0 Å². The van der Waals surface area contributed by atoms with Crippen LogP contribution in [0.15, 0.2) is 40.9 Å². The van der Waals surface area contributed by atoms with Crippen molar-refractivity contribution in [1.82, 2.24) is 0 Å². The van der Waals surface area contributed by atoms with Gasteiger partial charge in [-0.05, 0) is 41.8 Å². The Kier molecular flexibility index (Phi) is 4.50. The summed E-state index contributed by atoms with van der Waals surface area (Å²) in [7, 11) is 0. The van der Waals surface area contributed by atoms with E-state index in [9.17, 15) is 9.90 Å². The van der Waals surface area contributed by atoms with Crippen LogP contribution in [-0.2, 0) is 6.42 Å². The third-order valence-electron chi connectivity index (χ3n) is 2.72. The second-order valence-corrected chi connectivity index (χ2v) is 5.70. The molecule has 2 nitrogen and oxygen atoms in total. The van der Waals surface area contributed by atoms with Crippen molar-refractivity contribution in [1.29, 1.82) is 0 Å². The topological polar surface area (TPSA) is 37.3 Å². The number of halogens is 3. The number of rotatable bonds is 3. The summed E-state index contributed by atoms with van der Waals surface area (Å²) in [4.78, 5) is 11.2. The van der Waals surface area contributed by atoms with Crippen LogP contribution >= 0.6 is 39.1 Å². The largest absolute Gasteiger partial charge is 0.478 e. The minimum absolute atomic E-state index is 0.178. The molecule has 1 N–H and O–H groups in total. The first-order valence-corrected chi connectivity index (χ1v) is 6.98. The van der Waals surface area contributed by atoms with Crippen LogP contribution in [0.3, 0.4) is 0 Å². The molecule has 0 aliphatic rings. The molecule has 2 aromatic carbocycles. The monoisotopic (exact) mass is 358 g/mol. The highest BCUT2D eigenvalue weighted by Crippen LogP contribution is 2.30. The average molecular weight is 360 g/mol. The molecule has 0 bridgehead atoms. The van der Waals surface area contributed by atoms with Gasteiger partial charge in [0.15, 0.2) is 0 Å². The van der Waals surface area contributed by atoms with Crippen molar-refractivity contribution in [2.24, 2.45) is 0 Å². The molecule has 0 amide bonds. The second-order valence-electron chi connectivity index (χ2n) is 4.00. The summed E-state index contributed by atoms with van der Waals surface area (Å²) >= 11 is 15.4. The van der Waals surface area contributed by atoms with Crippen molar-refractivity contribution < 1.29 is 9.90 Å². The van der Waals surface area contributed by atoms with E-state index >= 15 is 0 Å². The van der Waals surface area contributed by atoms with Crippen LogP contribution in [0.4, 0.5) is 0 Å². The average Bonchev–Trinajstić information content (AvgIpc) is 2.37.